The van der Waals surface area contributed by atoms with Gasteiger partial charge in [-0.3, -0.25) is 9.79 Å². The highest BCUT2D eigenvalue weighted by Gasteiger charge is 2.15. The molecule has 0 bridgehead atoms. The summed E-state index contributed by atoms with van der Waals surface area (Å²) < 4.78 is 16.0. The van der Waals surface area contributed by atoms with Crippen molar-refractivity contribution in [3.63, 3.8) is 0 Å². The van der Waals surface area contributed by atoms with E-state index in [9.17, 15) is 4.79 Å². The smallest absolute Gasteiger partial charge is 0.287 e. The number of rotatable bonds is 10. The van der Waals surface area contributed by atoms with E-state index in [2.05, 4.69) is 20.9 Å². The maximum absolute atomic E-state index is 11.7. The fourth-order valence-electron chi connectivity index (χ4n) is 2.42. The molecule has 9 heteroatoms. The minimum atomic E-state index is -0.223. The standard InChI is InChI=1S/C17H28N4O4.HI/c1-18-17(20-6-3-9-23-12-14-5-11-24-13-14)21-8-7-19-16(22)15-4-2-10-25-15;/h2,4,10,14H,3,5-9,11-13H2,1H3,(H,19,22)(H2,18,20,21);1H. The Morgan fingerprint density at radius 3 is 2.81 bits per heavy atom. The molecular formula is C17H29IN4O4. The number of ether oxygens (including phenoxy) is 2. The van der Waals surface area contributed by atoms with Crippen LogP contribution in [0.25, 0.3) is 0 Å². The Morgan fingerprint density at radius 2 is 2.12 bits per heavy atom. The molecule has 1 fully saturated rings. The number of nitrogens with one attached hydrogen (secondary N) is 3. The van der Waals surface area contributed by atoms with Crippen LogP contribution >= 0.6 is 24.0 Å². The second kappa shape index (κ2) is 13.8. The number of aliphatic imine (C=N–C) groups is 1. The van der Waals surface area contributed by atoms with Crippen molar-refractivity contribution in [3.05, 3.63) is 24.2 Å². The first kappa shape index (κ1) is 22.7. The largest absolute Gasteiger partial charge is 0.459 e. The molecule has 2 rings (SSSR count). The first-order valence-electron chi connectivity index (χ1n) is 8.71. The Kier molecular flexibility index (Phi) is 12.1. The zero-order valence-electron chi connectivity index (χ0n) is 15.2. The third-order valence-corrected chi connectivity index (χ3v) is 3.81. The van der Waals surface area contributed by atoms with Gasteiger partial charge in [-0.25, -0.2) is 0 Å². The van der Waals surface area contributed by atoms with Crippen molar-refractivity contribution < 1.29 is 18.7 Å². The predicted molar refractivity (Wildman–Crippen MR) is 110 cm³/mol. The SMILES string of the molecule is CN=C(NCCCOCC1CCOC1)NCCNC(=O)c1ccco1.I. The van der Waals surface area contributed by atoms with E-state index in [4.69, 9.17) is 13.9 Å². The van der Waals surface area contributed by atoms with Gasteiger partial charge in [0.05, 0.1) is 19.5 Å². The summed E-state index contributed by atoms with van der Waals surface area (Å²) >= 11 is 0. The summed E-state index contributed by atoms with van der Waals surface area (Å²) in [5, 5.41) is 9.13. The summed E-state index contributed by atoms with van der Waals surface area (Å²) in [5.41, 5.74) is 0. The van der Waals surface area contributed by atoms with Crippen molar-refractivity contribution in [3.8, 4) is 0 Å². The van der Waals surface area contributed by atoms with E-state index < -0.39 is 0 Å². The van der Waals surface area contributed by atoms with Gasteiger partial charge in [-0.1, -0.05) is 0 Å². The van der Waals surface area contributed by atoms with Crippen LogP contribution in [0.1, 0.15) is 23.4 Å². The monoisotopic (exact) mass is 480 g/mol. The summed E-state index contributed by atoms with van der Waals surface area (Å²) in [6.07, 6.45) is 3.49. The molecular weight excluding hydrogens is 451 g/mol. The zero-order valence-corrected chi connectivity index (χ0v) is 17.5. The van der Waals surface area contributed by atoms with Crippen molar-refractivity contribution in [2.45, 2.75) is 12.8 Å². The van der Waals surface area contributed by atoms with Crippen LogP contribution in [0.4, 0.5) is 0 Å². The fraction of sp³-hybridized carbons (Fsp3) is 0.647. The second-order valence-electron chi connectivity index (χ2n) is 5.82. The number of carbonyl (C=O) groups is 1. The van der Waals surface area contributed by atoms with Crippen LogP contribution in [-0.4, -0.2) is 65.0 Å². The van der Waals surface area contributed by atoms with Crippen molar-refractivity contribution in [1.29, 1.82) is 0 Å². The third kappa shape index (κ3) is 8.86. The van der Waals surface area contributed by atoms with Crippen LogP contribution in [-0.2, 0) is 9.47 Å². The topological polar surface area (TPSA) is 97.1 Å². The molecule has 1 atom stereocenters. The minimum Gasteiger partial charge on any atom is -0.459 e. The molecule has 1 aromatic rings. The normalized spacial score (nSPS) is 16.8. The van der Waals surface area contributed by atoms with E-state index in [1.807, 2.05) is 0 Å². The number of carbonyl (C=O) groups excluding carboxylic acids is 1. The molecule has 8 nitrogen and oxygen atoms in total. The molecule has 0 aliphatic carbocycles. The summed E-state index contributed by atoms with van der Waals surface area (Å²) in [5.74, 6) is 1.35. The Hall–Kier alpha value is -1.33. The first-order chi connectivity index (χ1) is 12.3. The lowest BCUT2D eigenvalue weighted by atomic mass is 10.1. The summed E-state index contributed by atoms with van der Waals surface area (Å²) in [4.78, 5) is 15.8. The predicted octanol–water partition coefficient (Wildman–Crippen LogP) is 1.24. The Morgan fingerprint density at radius 1 is 1.31 bits per heavy atom. The number of guanidine groups is 1. The molecule has 3 N–H and O–H groups in total. The van der Waals surface area contributed by atoms with Gasteiger partial charge in [0.1, 0.15) is 0 Å². The molecule has 1 aromatic heterocycles. The third-order valence-electron chi connectivity index (χ3n) is 3.81. The average molecular weight is 480 g/mol. The lowest BCUT2D eigenvalue weighted by Crippen LogP contribution is -2.42. The van der Waals surface area contributed by atoms with Crippen molar-refractivity contribution in [2.75, 3.05) is 53.1 Å². The molecule has 1 aliphatic rings. The molecule has 26 heavy (non-hydrogen) atoms. The van der Waals surface area contributed by atoms with Crippen LogP contribution in [0, 0.1) is 5.92 Å². The van der Waals surface area contributed by atoms with E-state index in [1.54, 1.807) is 19.2 Å². The molecule has 1 saturated heterocycles. The van der Waals surface area contributed by atoms with Gasteiger partial charge in [0.2, 0.25) is 0 Å². The number of furan rings is 1. The lowest BCUT2D eigenvalue weighted by Gasteiger charge is -2.13. The number of amides is 1. The average Bonchev–Trinajstić information content (AvgIpc) is 3.33. The van der Waals surface area contributed by atoms with Gasteiger partial charge >= 0.3 is 0 Å². The fourth-order valence-corrected chi connectivity index (χ4v) is 2.42. The van der Waals surface area contributed by atoms with Crippen LogP contribution in [0.2, 0.25) is 0 Å². The quantitative estimate of drug-likeness (QED) is 0.202. The van der Waals surface area contributed by atoms with E-state index in [0.717, 1.165) is 45.8 Å². The molecule has 2 heterocycles. The Bertz CT molecular complexity index is 519. The minimum absolute atomic E-state index is 0. The molecule has 0 saturated carbocycles. The molecule has 1 aliphatic heterocycles. The van der Waals surface area contributed by atoms with Crippen molar-refractivity contribution in [1.82, 2.24) is 16.0 Å². The van der Waals surface area contributed by atoms with Gasteiger partial charge in [-0.05, 0) is 25.0 Å². The molecule has 0 radical (unpaired) electrons. The second-order valence-corrected chi connectivity index (χ2v) is 5.82. The lowest BCUT2D eigenvalue weighted by molar-refractivity contribution is 0.0887. The highest BCUT2D eigenvalue weighted by atomic mass is 127. The first-order valence-corrected chi connectivity index (χ1v) is 8.71. The van der Waals surface area contributed by atoms with E-state index in [-0.39, 0.29) is 29.9 Å². The Balaban J connectivity index is 0.00000338. The van der Waals surface area contributed by atoms with Crippen LogP contribution in [0.5, 0.6) is 0 Å². The number of hydrogen-bond donors (Lipinski definition) is 3. The zero-order chi connectivity index (χ0) is 17.7. The molecule has 0 spiro atoms. The van der Waals surface area contributed by atoms with Crippen LogP contribution < -0.4 is 16.0 Å². The summed E-state index contributed by atoms with van der Waals surface area (Å²) in [6.45, 7) is 5.02. The van der Waals surface area contributed by atoms with E-state index in [0.29, 0.717) is 30.7 Å². The van der Waals surface area contributed by atoms with Gasteiger partial charge in [-0.2, -0.15) is 0 Å². The van der Waals surface area contributed by atoms with Gasteiger partial charge in [0, 0.05) is 45.8 Å². The van der Waals surface area contributed by atoms with Gasteiger partial charge in [0.25, 0.3) is 5.91 Å². The highest BCUT2D eigenvalue weighted by molar-refractivity contribution is 14.0. The molecule has 1 unspecified atom stereocenters. The van der Waals surface area contributed by atoms with Gasteiger partial charge in [0.15, 0.2) is 11.7 Å². The summed E-state index contributed by atoms with van der Waals surface area (Å²) in [7, 11) is 1.72. The van der Waals surface area contributed by atoms with Crippen molar-refractivity contribution >= 4 is 35.8 Å². The number of halogens is 1. The van der Waals surface area contributed by atoms with Crippen molar-refractivity contribution in [2.24, 2.45) is 10.9 Å². The highest BCUT2D eigenvalue weighted by Crippen LogP contribution is 2.12. The van der Waals surface area contributed by atoms with Gasteiger partial charge in [-0.15, -0.1) is 24.0 Å². The van der Waals surface area contributed by atoms with E-state index in [1.165, 1.54) is 6.26 Å². The van der Waals surface area contributed by atoms with E-state index >= 15 is 0 Å². The molecule has 0 aromatic carbocycles. The number of hydrogen-bond acceptors (Lipinski definition) is 5. The molecule has 1 amide bonds. The molecule has 148 valence electrons. The van der Waals surface area contributed by atoms with Crippen LogP contribution in [0.3, 0.4) is 0 Å². The number of nitrogens with zero attached hydrogens (tertiary/aromatic N) is 1. The summed E-state index contributed by atoms with van der Waals surface area (Å²) in [6, 6.07) is 3.31. The van der Waals surface area contributed by atoms with Crippen LogP contribution in [0.15, 0.2) is 27.8 Å². The Labute approximate surface area is 171 Å². The van der Waals surface area contributed by atoms with Gasteiger partial charge < -0.3 is 29.8 Å². The maximum atomic E-state index is 11.7. The maximum Gasteiger partial charge on any atom is 0.287 e.